The lowest BCUT2D eigenvalue weighted by molar-refractivity contribution is -0.378. The number of aliphatic hydroxyl groups is 2. The lowest BCUT2D eigenvalue weighted by Gasteiger charge is -2.55. The van der Waals surface area contributed by atoms with Gasteiger partial charge in [-0.15, -0.1) is 0 Å². The number of anilines is 2. The van der Waals surface area contributed by atoms with Crippen LogP contribution in [0.3, 0.4) is 0 Å². The molecule has 8 atom stereocenters. The van der Waals surface area contributed by atoms with Crippen LogP contribution in [-0.4, -0.2) is 72.6 Å². The highest BCUT2D eigenvalue weighted by molar-refractivity contribution is 5.68. The summed E-state index contributed by atoms with van der Waals surface area (Å²) in [5.74, 6) is -1.41. The first-order chi connectivity index (χ1) is 19.4. The zero-order valence-electron chi connectivity index (χ0n) is 27.7. The fourth-order valence-corrected chi connectivity index (χ4v) is 5.95. The van der Waals surface area contributed by atoms with Crippen LogP contribution in [0.4, 0.5) is 11.4 Å². The molecule has 1 heterocycles. The monoisotopic (exact) mass is 600 g/mol. The van der Waals surface area contributed by atoms with Crippen molar-refractivity contribution in [1.82, 2.24) is 0 Å². The number of fused-ring (bicyclic) bond motifs is 1. The van der Waals surface area contributed by atoms with Crippen molar-refractivity contribution in [3.8, 4) is 0 Å². The molecule has 0 spiro atoms. The predicted molar refractivity (Wildman–Crippen MR) is 161 cm³/mol. The summed E-state index contributed by atoms with van der Waals surface area (Å²) in [5, 5.41) is 20.0. The van der Waals surface area contributed by atoms with Crippen molar-refractivity contribution >= 4 is 11.4 Å². The molecule has 0 amide bonds. The molecule has 1 aromatic rings. The summed E-state index contributed by atoms with van der Waals surface area (Å²) < 4.78 is 41.8. The van der Waals surface area contributed by atoms with Gasteiger partial charge < -0.3 is 54.0 Å². The molecule has 11 heteroatoms. The smallest absolute Gasteiger partial charge is 0.253 e. The maximum atomic E-state index is 10.4. The van der Waals surface area contributed by atoms with Crippen LogP contribution in [0.5, 0.6) is 0 Å². The van der Waals surface area contributed by atoms with Crippen molar-refractivity contribution in [3.05, 3.63) is 23.3 Å². The van der Waals surface area contributed by atoms with Crippen LogP contribution in [-0.2, 0) is 33.2 Å². The third-order valence-electron chi connectivity index (χ3n) is 7.22. The molecule has 42 heavy (non-hydrogen) atoms. The second-order valence-corrected chi connectivity index (χ2v) is 12.0. The molecular formula is C31H56N2O9. The zero-order chi connectivity index (χ0) is 32.0. The first kappa shape index (κ1) is 36.7. The van der Waals surface area contributed by atoms with E-state index in [0.717, 1.165) is 16.8 Å². The molecule has 0 aromatic heterocycles. The maximum absolute atomic E-state index is 10.4. The number of aliphatic hydroxyl groups excluding tert-OH is 2. The highest BCUT2D eigenvalue weighted by atomic mass is 16.9. The lowest BCUT2D eigenvalue weighted by Crippen LogP contribution is -2.64. The molecule has 0 saturated carbocycles. The number of hydrogen-bond donors (Lipinski definition) is 3. The largest absolute Gasteiger partial charge is 0.398 e. The molecule has 8 unspecified atom stereocenters. The molecule has 0 fully saturated rings. The second-order valence-electron chi connectivity index (χ2n) is 12.0. The summed E-state index contributed by atoms with van der Waals surface area (Å²) in [4.78, 5) is 2.07. The van der Waals surface area contributed by atoms with E-state index < -0.39 is 49.2 Å². The highest BCUT2D eigenvalue weighted by Crippen LogP contribution is 2.50. The first-order valence-electron chi connectivity index (χ1n) is 15.1. The molecule has 0 bridgehead atoms. The molecule has 0 radical (unpaired) electrons. The highest BCUT2D eigenvalue weighted by Gasteiger charge is 2.50. The van der Waals surface area contributed by atoms with Gasteiger partial charge in [0, 0.05) is 36.4 Å². The Morgan fingerprint density at radius 1 is 0.905 bits per heavy atom. The number of ether oxygens (including phenoxy) is 7. The van der Waals surface area contributed by atoms with Crippen LogP contribution < -0.4 is 10.6 Å². The average Bonchev–Trinajstić information content (AvgIpc) is 2.81. The minimum absolute atomic E-state index is 0.0245. The van der Waals surface area contributed by atoms with Gasteiger partial charge in [0.1, 0.15) is 0 Å². The summed E-state index contributed by atoms with van der Waals surface area (Å²) in [5.41, 5.74) is 9.36. The Bertz CT molecular complexity index is 976. The van der Waals surface area contributed by atoms with Crippen LogP contribution in [0.25, 0.3) is 0 Å². The first-order valence-corrected chi connectivity index (χ1v) is 15.1. The van der Waals surface area contributed by atoms with E-state index in [4.69, 9.17) is 38.9 Å². The standard InChI is InChI=1S/C31H56N2O9/c1-13-36-20(5)38-22(7)40-24(9)42-31(12,41-23(8)39-21(6)37-19(4)35)33-29-15-26(18(2)3)28(32)14-27(29)25(17-34)16-30(33,10)11/h14-15,18-25,34-35H,13,16-17,32H2,1-12H3. The van der Waals surface area contributed by atoms with E-state index in [2.05, 4.69) is 38.7 Å². The van der Waals surface area contributed by atoms with E-state index in [1.54, 1.807) is 34.6 Å². The molecule has 0 saturated heterocycles. The Morgan fingerprint density at radius 2 is 1.43 bits per heavy atom. The molecule has 11 nitrogen and oxygen atoms in total. The average molecular weight is 601 g/mol. The number of nitrogen functional groups attached to an aromatic ring is 1. The van der Waals surface area contributed by atoms with E-state index in [1.807, 2.05) is 19.9 Å². The Morgan fingerprint density at radius 3 is 1.90 bits per heavy atom. The SMILES string of the molecule is CCOC(C)OC(C)OC(C)OC(C)(OC(C)OC(C)OC(C)O)N1c2cc(C(C)C)c(N)cc2C(CO)CC1(C)C. The number of rotatable bonds is 17. The Kier molecular flexibility index (Phi) is 13.5. The zero-order valence-corrected chi connectivity index (χ0v) is 27.7. The van der Waals surface area contributed by atoms with E-state index >= 15 is 0 Å². The van der Waals surface area contributed by atoms with Gasteiger partial charge in [-0.2, -0.15) is 0 Å². The maximum Gasteiger partial charge on any atom is 0.253 e. The Labute approximate surface area is 252 Å². The number of nitrogens with two attached hydrogens (primary N) is 1. The normalized spacial score (nSPS) is 22.6. The molecule has 2 rings (SSSR count). The van der Waals surface area contributed by atoms with Crippen LogP contribution in [0.15, 0.2) is 12.1 Å². The van der Waals surface area contributed by atoms with Crippen LogP contribution >= 0.6 is 0 Å². The summed E-state index contributed by atoms with van der Waals surface area (Å²) in [7, 11) is 0. The van der Waals surface area contributed by atoms with Gasteiger partial charge >= 0.3 is 0 Å². The summed E-state index contributed by atoms with van der Waals surface area (Å²) in [6.45, 7) is 22.8. The summed E-state index contributed by atoms with van der Waals surface area (Å²) in [6, 6.07) is 4.02. The van der Waals surface area contributed by atoms with Crippen molar-refractivity contribution in [1.29, 1.82) is 0 Å². The van der Waals surface area contributed by atoms with Crippen molar-refractivity contribution < 1.29 is 43.4 Å². The van der Waals surface area contributed by atoms with Gasteiger partial charge in [-0.1, -0.05) is 13.8 Å². The van der Waals surface area contributed by atoms with Gasteiger partial charge in [-0.05, 0) is 97.9 Å². The van der Waals surface area contributed by atoms with Crippen molar-refractivity contribution in [2.24, 2.45) is 0 Å². The van der Waals surface area contributed by atoms with Gasteiger partial charge in [-0.25, -0.2) is 0 Å². The fraction of sp³-hybridized carbons (Fsp3) is 0.806. The minimum atomic E-state index is -1.45. The van der Waals surface area contributed by atoms with Crippen molar-refractivity contribution in [2.75, 3.05) is 23.8 Å². The molecule has 0 aliphatic carbocycles. The third-order valence-corrected chi connectivity index (χ3v) is 7.22. The quantitative estimate of drug-likeness (QED) is 0.158. The van der Waals surface area contributed by atoms with Gasteiger partial charge in [-0.3, -0.25) is 0 Å². The predicted octanol–water partition coefficient (Wildman–Crippen LogP) is 5.33. The van der Waals surface area contributed by atoms with Gasteiger partial charge in [0.25, 0.3) is 5.91 Å². The second kappa shape index (κ2) is 15.5. The molecule has 1 aromatic carbocycles. The van der Waals surface area contributed by atoms with E-state index in [1.165, 1.54) is 6.92 Å². The van der Waals surface area contributed by atoms with E-state index in [9.17, 15) is 10.2 Å². The van der Waals surface area contributed by atoms with Crippen LogP contribution in [0.2, 0.25) is 0 Å². The minimum Gasteiger partial charge on any atom is -0.398 e. The van der Waals surface area contributed by atoms with Gasteiger partial charge in [0.05, 0.1) is 6.61 Å². The molecule has 4 N–H and O–H groups in total. The van der Waals surface area contributed by atoms with Crippen LogP contribution in [0.1, 0.15) is 112 Å². The van der Waals surface area contributed by atoms with Gasteiger partial charge in [0.2, 0.25) is 0 Å². The van der Waals surface area contributed by atoms with E-state index in [0.29, 0.717) is 18.7 Å². The number of nitrogens with zero attached hydrogens (tertiary/aromatic N) is 1. The summed E-state index contributed by atoms with van der Waals surface area (Å²) >= 11 is 0. The van der Waals surface area contributed by atoms with Gasteiger partial charge in [0.15, 0.2) is 37.7 Å². The molecule has 244 valence electrons. The van der Waals surface area contributed by atoms with Crippen molar-refractivity contribution in [3.63, 3.8) is 0 Å². The Balaban J connectivity index is 2.56. The fourth-order valence-electron chi connectivity index (χ4n) is 5.95. The third kappa shape index (κ3) is 9.73. The lowest BCUT2D eigenvalue weighted by atomic mass is 9.77. The topological polar surface area (TPSA) is 134 Å². The van der Waals surface area contributed by atoms with E-state index in [-0.39, 0.29) is 18.4 Å². The van der Waals surface area contributed by atoms with Crippen molar-refractivity contribution in [2.45, 2.75) is 151 Å². The Hall–Kier alpha value is -1.54. The molecule has 1 aliphatic rings. The molecular weight excluding hydrogens is 544 g/mol. The number of hydrogen-bond acceptors (Lipinski definition) is 11. The molecule has 1 aliphatic heterocycles. The van der Waals surface area contributed by atoms with Crippen LogP contribution in [0, 0.1) is 0 Å². The summed E-state index contributed by atoms with van der Waals surface area (Å²) in [6.07, 6.45) is -3.85. The number of benzene rings is 1.